The van der Waals surface area contributed by atoms with E-state index in [1.165, 1.54) is 58.9 Å². The van der Waals surface area contributed by atoms with Crippen LogP contribution in [-0.4, -0.2) is 141 Å². The molecule has 10 atom stereocenters. The van der Waals surface area contributed by atoms with Gasteiger partial charge in [-0.2, -0.15) is 12.6 Å². The average molecular weight is 945 g/mol. The van der Waals surface area contributed by atoms with Crippen LogP contribution in [0, 0.1) is 0 Å². The second-order valence-electron chi connectivity index (χ2n) is 15.8. The van der Waals surface area contributed by atoms with Crippen LogP contribution in [0.25, 0.3) is 0 Å². The van der Waals surface area contributed by atoms with E-state index in [1.807, 2.05) is 0 Å². The number of phenols is 1. The maximum absolute atomic E-state index is 13.8. The fraction of sp³-hybridized carbons (Fsp3) is 0.512. The molecule has 0 aliphatic heterocycles. The van der Waals surface area contributed by atoms with Gasteiger partial charge in [-0.15, -0.1) is 0 Å². The molecule has 0 aliphatic carbocycles. The van der Waals surface area contributed by atoms with E-state index < -0.39 is 114 Å². The number of carboxylic acid groups (broad SMARTS) is 1. The van der Waals surface area contributed by atoms with E-state index >= 15 is 0 Å². The number of aliphatic hydroxyl groups excluding tert-OH is 1. The van der Waals surface area contributed by atoms with E-state index in [0.717, 1.165) is 0 Å². The van der Waals surface area contributed by atoms with Crippen molar-refractivity contribution in [3.05, 3.63) is 65.7 Å². The van der Waals surface area contributed by atoms with Crippen molar-refractivity contribution in [2.24, 2.45) is 11.5 Å². The quantitative estimate of drug-likeness (QED) is 0.0314. The second kappa shape index (κ2) is 27.9. The zero-order chi connectivity index (χ0) is 49.7. The zero-order valence-electron chi connectivity index (χ0n) is 37.5. The number of benzene rings is 2. The molecule has 8 amide bonds. The van der Waals surface area contributed by atoms with Gasteiger partial charge in [-0.1, -0.05) is 42.5 Å². The number of aliphatic carboxylic acids is 1. The number of hydrogen-bond acceptors (Lipinski definition) is 14. The number of unbranched alkanes of at least 4 members (excludes halogenated alkanes) is 1. The Labute approximate surface area is 388 Å². The average Bonchev–Trinajstić information content (AvgIpc) is 3.26. The summed E-state index contributed by atoms with van der Waals surface area (Å²) in [6.45, 7) is 6.78. The van der Waals surface area contributed by atoms with Crippen molar-refractivity contribution in [1.29, 1.82) is 0 Å². The molecule has 0 bridgehead atoms. The smallest absolute Gasteiger partial charge is 0.325 e. The number of rotatable bonds is 27. The molecule has 0 radical (unpaired) electrons. The van der Waals surface area contributed by atoms with Gasteiger partial charge >= 0.3 is 5.97 Å². The summed E-state index contributed by atoms with van der Waals surface area (Å²) in [6, 6.07) is 2.70. The van der Waals surface area contributed by atoms with E-state index in [0.29, 0.717) is 24.0 Å². The highest BCUT2D eigenvalue weighted by atomic mass is 32.1. The molecule has 23 heteroatoms. The molecule has 364 valence electrons. The highest BCUT2D eigenvalue weighted by Crippen LogP contribution is 2.13. The van der Waals surface area contributed by atoms with E-state index in [1.54, 1.807) is 30.3 Å². The van der Waals surface area contributed by atoms with Crippen molar-refractivity contribution in [3.8, 4) is 5.75 Å². The van der Waals surface area contributed by atoms with Gasteiger partial charge in [0.25, 0.3) is 0 Å². The number of aliphatic hydroxyl groups is 1. The topological polar surface area (TPSA) is 363 Å². The number of nitrogens with one attached hydrogen (secondary N) is 8. The van der Waals surface area contributed by atoms with Crippen molar-refractivity contribution < 1.29 is 58.5 Å². The molecule has 22 nitrogen and oxygen atoms in total. The van der Waals surface area contributed by atoms with E-state index in [-0.39, 0.29) is 37.3 Å². The number of phenolic OH excluding ortho intramolecular Hbond substituents is 1. The maximum atomic E-state index is 13.8. The first-order valence-electron chi connectivity index (χ1n) is 21.3. The molecule has 0 unspecified atom stereocenters. The summed E-state index contributed by atoms with van der Waals surface area (Å²) in [6.07, 6.45) is -0.876. The molecule has 2 rings (SSSR count). The number of thiol groups is 1. The lowest BCUT2D eigenvalue weighted by atomic mass is 10.0. The Balaban J connectivity index is 2.22. The van der Waals surface area contributed by atoms with Gasteiger partial charge in [-0.05, 0) is 83.7 Å². The lowest BCUT2D eigenvalue weighted by Crippen LogP contribution is -2.61. The number of nitrogens with two attached hydrogens (primary N) is 2. The van der Waals surface area contributed by atoms with Crippen molar-refractivity contribution in [3.63, 3.8) is 0 Å². The first kappa shape index (κ1) is 55.8. The Kier molecular flexibility index (Phi) is 23.6. The van der Waals surface area contributed by atoms with Crippen LogP contribution < -0.4 is 54.0 Å². The minimum atomic E-state index is -1.67. The molecule has 0 saturated heterocycles. The molecule has 0 heterocycles. The molecule has 66 heavy (non-hydrogen) atoms. The maximum Gasteiger partial charge on any atom is 0.325 e. The van der Waals surface area contributed by atoms with Crippen molar-refractivity contribution in [2.75, 3.05) is 12.3 Å². The molecule has 15 N–H and O–H groups in total. The minimum Gasteiger partial charge on any atom is -0.508 e. The first-order chi connectivity index (χ1) is 31.1. The largest absolute Gasteiger partial charge is 0.508 e. The first-order valence-corrected chi connectivity index (χ1v) is 21.9. The SMILES string of the molecule is C[C@H](N)C(=O)N[C@@H](C)C(=O)N[C@@H](Cc1ccc(O)cc1)C(=O)N[C@@H](CS)C(=O)N[C@@H](C)C(=O)N[C@H](C(=O)N[C@@H](CCCCN)C(=O)N[C@@H](Cc1ccccc1)C(=O)N[C@@H](C)C(=O)O)[C@@H](C)O. The molecule has 0 fully saturated rings. The van der Waals surface area contributed by atoms with E-state index in [2.05, 4.69) is 55.2 Å². The summed E-state index contributed by atoms with van der Waals surface area (Å²) in [4.78, 5) is 118. The van der Waals surface area contributed by atoms with Crippen LogP contribution in [0.3, 0.4) is 0 Å². The van der Waals surface area contributed by atoms with Gasteiger partial charge in [0, 0.05) is 18.6 Å². The minimum absolute atomic E-state index is 0.0202. The summed E-state index contributed by atoms with van der Waals surface area (Å²) < 4.78 is 0. The molecule has 2 aromatic rings. The van der Waals surface area contributed by atoms with Gasteiger partial charge in [-0.25, -0.2) is 0 Å². The van der Waals surface area contributed by atoms with E-state index in [4.69, 9.17) is 11.5 Å². The number of amides is 8. The van der Waals surface area contributed by atoms with Crippen LogP contribution in [0.4, 0.5) is 0 Å². The lowest BCUT2D eigenvalue weighted by Gasteiger charge is -2.28. The van der Waals surface area contributed by atoms with Crippen molar-refractivity contribution in [1.82, 2.24) is 42.5 Å². The predicted molar refractivity (Wildman–Crippen MR) is 244 cm³/mol. The van der Waals surface area contributed by atoms with Crippen LogP contribution in [0.15, 0.2) is 54.6 Å². The Hall–Kier alpha value is -6.30. The number of hydrogen-bond donors (Lipinski definition) is 14. The number of carboxylic acids is 1. The molecule has 0 aromatic heterocycles. The Bertz CT molecular complexity index is 1980. The molecule has 2 aromatic carbocycles. The van der Waals surface area contributed by atoms with Gasteiger partial charge in [0.2, 0.25) is 47.3 Å². The molecule has 0 aliphatic rings. The summed E-state index contributed by atoms with van der Waals surface area (Å²) in [7, 11) is 0. The van der Waals surface area contributed by atoms with Gasteiger partial charge in [0.15, 0.2) is 0 Å². The standard InChI is InChI=1S/C43H64N10O12S/c1-22(45)35(56)46-23(2)36(57)50-32(20-28-14-16-29(55)17-15-28)40(61)52-33(21-66)41(62)47-24(3)37(58)53-34(26(5)54)42(63)49-30(13-9-10-18-44)38(59)51-31(19-27-11-7-6-8-12-27)39(60)48-25(4)43(64)65/h6-8,11-12,14-17,22-26,30-34,54-55,66H,9-10,13,18-21,44-45H2,1-5H3,(H,46,56)(H,47,62)(H,48,60)(H,49,63)(H,50,57)(H,51,59)(H,52,61)(H,53,58)(H,64,65)/t22-,23-,24-,25-,26+,30-,31-,32-,33-,34-/m0/s1. The molecule has 0 saturated carbocycles. The van der Waals surface area contributed by atoms with Crippen LogP contribution in [-0.2, 0) is 56.0 Å². The third kappa shape index (κ3) is 19.0. The Morgan fingerprint density at radius 1 is 0.545 bits per heavy atom. The van der Waals surface area contributed by atoms with Gasteiger partial charge in [0.1, 0.15) is 54.1 Å². The predicted octanol–water partition coefficient (Wildman–Crippen LogP) is -3.01. The Morgan fingerprint density at radius 2 is 0.985 bits per heavy atom. The summed E-state index contributed by atoms with van der Waals surface area (Å²) in [5.41, 5.74) is 12.4. The molecule has 0 spiro atoms. The van der Waals surface area contributed by atoms with Gasteiger partial charge < -0.3 is 69.3 Å². The van der Waals surface area contributed by atoms with Crippen LogP contribution >= 0.6 is 12.6 Å². The number of carbonyl (C=O) groups is 9. The summed E-state index contributed by atoms with van der Waals surface area (Å²) in [5.74, 6) is -8.30. The lowest BCUT2D eigenvalue weighted by molar-refractivity contribution is -0.142. The van der Waals surface area contributed by atoms with Gasteiger partial charge in [-0.3, -0.25) is 43.2 Å². The normalized spacial score (nSPS) is 15.5. The third-order valence-electron chi connectivity index (χ3n) is 10.0. The zero-order valence-corrected chi connectivity index (χ0v) is 38.4. The fourth-order valence-corrected chi connectivity index (χ4v) is 6.30. The highest BCUT2D eigenvalue weighted by Gasteiger charge is 2.34. The molecular weight excluding hydrogens is 881 g/mol. The van der Waals surface area contributed by atoms with Gasteiger partial charge in [0.05, 0.1) is 12.1 Å². The number of aromatic hydroxyl groups is 1. The van der Waals surface area contributed by atoms with Crippen LogP contribution in [0.5, 0.6) is 5.75 Å². The highest BCUT2D eigenvalue weighted by molar-refractivity contribution is 7.80. The van der Waals surface area contributed by atoms with Crippen molar-refractivity contribution in [2.45, 2.75) is 127 Å². The summed E-state index contributed by atoms with van der Waals surface area (Å²) in [5, 5.41) is 49.4. The second-order valence-corrected chi connectivity index (χ2v) is 16.2. The number of carbonyl (C=O) groups excluding carboxylic acids is 8. The monoisotopic (exact) mass is 944 g/mol. The molecular formula is C43H64N10O12S. The fourth-order valence-electron chi connectivity index (χ4n) is 6.04. The third-order valence-corrected chi connectivity index (χ3v) is 10.4. The van der Waals surface area contributed by atoms with Crippen LogP contribution in [0.2, 0.25) is 0 Å². The van der Waals surface area contributed by atoms with E-state index in [9.17, 15) is 58.5 Å². The van der Waals surface area contributed by atoms with Crippen molar-refractivity contribution >= 4 is 65.9 Å². The van der Waals surface area contributed by atoms with Crippen LogP contribution in [0.1, 0.15) is 65.0 Å². The Morgan fingerprint density at radius 3 is 1.50 bits per heavy atom. The summed E-state index contributed by atoms with van der Waals surface area (Å²) >= 11 is 4.19.